The summed E-state index contributed by atoms with van der Waals surface area (Å²) >= 11 is 0. The largest absolute Gasteiger partial charge is 0.445 e. The van der Waals surface area contributed by atoms with Crippen LogP contribution in [-0.4, -0.2) is 12.6 Å². The smallest absolute Gasteiger partial charge is 0.407 e. The van der Waals surface area contributed by atoms with Crippen molar-refractivity contribution < 1.29 is 9.53 Å². The van der Waals surface area contributed by atoms with Gasteiger partial charge in [0.05, 0.1) is 0 Å². The highest BCUT2D eigenvalue weighted by Gasteiger charge is 2.00. The number of rotatable bonds is 5. The van der Waals surface area contributed by atoms with E-state index in [9.17, 15) is 4.79 Å². The second kappa shape index (κ2) is 8.03. The first kappa shape index (κ1) is 15.8. The van der Waals surface area contributed by atoms with Crippen molar-refractivity contribution in [3.05, 3.63) is 76.9 Å². The molecule has 0 unspecified atom stereocenters. The van der Waals surface area contributed by atoms with Crippen molar-refractivity contribution in [1.29, 1.82) is 0 Å². The third-order valence-corrected chi connectivity index (χ3v) is 3.13. The Kier molecular flexibility index (Phi) is 5.78. The van der Waals surface area contributed by atoms with Crippen LogP contribution in [0.4, 0.5) is 4.79 Å². The van der Waals surface area contributed by atoms with Crippen LogP contribution in [-0.2, 0) is 11.3 Å². The molecule has 22 heavy (non-hydrogen) atoms. The molecule has 0 aromatic heterocycles. The predicted molar refractivity (Wildman–Crippen MR) is 89.6 cm³/mol. The van der Waals surface area contributed by atoms with Gasteiger partial charge in [0.25, 0.3) is 0 Å². The zero-order valence-electron chi connectivity index (χ0n) is 13.0. The van der Waals surface area contributed by atoms with Crippen molar-refractivity contribution >= 4 is 12.2 Å². The molecular weight excluding hydrogens is 274 g/mol. The minimum atomic E-state index is -0.408. The quantitative estimate of drug-likeness (QED) is 0.896. The zero-order chi connectivity index (χ0) is 15.8. The van der Waals surface area contributed by atoms with Crippen LogP contribution in [0.2, 0.25) is 0 Å². The summed E-state index contributed by atoms with van der Waals surface area (Å²) in [5.74, 6) is 0. The normalized spacial score (nSPS) is 10.6. The van der Waals surface area contributed by atoms with Gasteiger partial charge in [0.2, 0.25) is 0 Å². The molecule has 0 spiro atoms. The van der Waals surface area contributed by atoms with E-state index in [0.717, 1.165) is 11.1 Å². The van der Waals surface area contributed by atoms with Crippen molar-refractivity contribution in [3.8, 4) is 0 Å². The van der Waals surface area contributed by atoms with Gasteiger partial charge in [-0.25, -0.2) is 4.79 Å². The van der Waals surface area contributed by atoms with Gasteiger partial charge in [0.15, 0.2) is 0 Å². The Morgan fingerprint density at radius 1 is 1.09 bits per heavy atom. The summed E-state index contributed by atoms with van der Waals surface area (Å²) in [5.41, 5.74) is 4.57. The van der Waals surface area contributed by atoms with Crippen LogP contribution >= 0.6 is 0 Å². The monoisotopic (exact) mass is 295 g/mol. The second-order valence-electron chi connectivity index (χ2n) is 5.27. The highest BCUT2D eigenvalue weighted by atomic mass is 16.5. The van der Waals surface area contributed by atoms with Crippen molar-refractivity contribution in [3.63, 3.8) is 0 Å². The summed E-state index contributed by atoms with van der Waals surface area (Å²) in [6.45, 7) is 4.88. The average molecular weight is 295 g/mol. The van der Waals surface area contributed by atoms with E-state index in [1.807, 2.05) is 42.5 Å². The molecule has 3 heteroatoms. The maximum absolute atomic E-state index is 11.6. The van der Waals surface area contributed by atoms with E-state index in [4.69, 9.17) is 4.74 Å². The number of amides is 1. The minimum Gasteiger partial charge on any atom is -0.445 e. The lowest BCUT2D eigenvalue weighted by Crippen LogP contribution is -2.24. The Hall–Kier alpha value is -2.55. The Morgan fingerprint density at radius 3 is 2.45 bits per heavy atom. The molecule has 2 rings (SSSR count). The standard InChI is InChI=1S/C19H21NO2/c1-15-11-16(2)13-18(12-15)9-6-10-20-19(21)22-14-17-7-4-3-5-8-17/h3-9,11-13H,10,14H2,1-2H3,(H,20,21). The van der Waals surface area contributed by atoms with Gasteiger partial charge in [-0.3, -0.25) is 0 Å². The molecule has 1 amide bonds. The minimum absolute atomic E-state index is 0.285. The molecule has 114 valence electrons. The summed E-state index contributed by atoms with van der Waals surface area (Å²) in [6, 6.07) is 16.0. The van der Waals surface area contributed by atoms with Crippen LogP contribution in [0, 0.1) is 13.8 Å². The van der Waals surface area contributed by atoms with Crippen molar-refractivity contribution in [2.24, 2.45) is 0 Å². The van der Waals surface area contributed by atoms with Gasteiger partial charge >= 0.3 is 6.09 Å². The van der Waals surface area contributed by atoms with E-state index < -0.39 is 6.09 Å². The van der Waals surface area contributed by atoms with Gasteiger partial charge in [0.1, 0.15) is 6.61 Å². The molecule has 2 aromatic carbocycles. The number of benzene rings is 2. The number of carbonyl (C=O) groups excluding carboxylic acids is 1. The molecule has 0 heterocycles. The SMILES string of the molecule is Cc1cc(C)cc(C=CCNC(=O)OCc2ccccc2)c1. The number of ether oxygens (including phenoxy) is 1. The fraction of sp³-hybridized carbons (Fsp3) is 0.211. The molecule has 3 nitrogen and oxygen atoms in total. The highest BCUT2D eigenvalue weighted by Crippen LogP contribution is 2.10. The molecule has 2 aromatic rings. The third-order valence-electron chi connectivity index (χ3n) is 3.13. The first-order chi connectivity index (χ1) is 10.6. The summed E-state index contributed by atoms with van der Waals surface area (Å²) in [4.78, 5) is 11.6. The van der Waals surface area contributed by atoms with Crippen molar-refractivity contribution in [2.45, 2.75) is 20.5 Å². The number of nitrogens with one attached hydrogen (secondary N) is 1. The molecule has 0 saturated carbocycles. The van der Waals surface area contributed by atoms with E-state index in [2.05, 4.69) is 37.4 Å². The van der Waals surface area contributed by atoms with Crippen LogP contribution in [0.3, 0.4) is 0 Å². The maximum atomic E-state index is 11.6. The number of hydrogen-bond donors (Lipinski definition) is 1. The van der Waals surface area contributed by atoms with Gasteiger partial charge in [-0.2, -0.15) is 0 Å². The molecule has 0 atom stereocenters. The molecule has 0 saturated heterocycles. The molecule has 1 N–H and O–H groups in total. The van der Waals surface area contributed by atoms with Crippen molar-refractivity contribution in [1.82, 2.24) is 5.32 Å². The van der Waals surface area contributed by atoms with Crippen LogP contribution in [0.15, 0.2) is 54.6 Å². The molecule has 0 radical (unpaired) electrons. The fourth-order valence-electron chi connectivity index (χ4n) is 2.22. The maximum Gasteiger partial charge on any atom is 0.407 e. The number of alkyl carbamates (subject to hydrolysis) is 1. The lowest BCUT2D eigenvalue weighted by atomic mass is 10.1. The van der Waals surface area contributed by atoms with Crippen molar-refractivity contribution in [2.75, 3.05) is 6.54 Å². The molecular formula is C19H21NO2. The Morgan fingerprint density at radius 2 is 1.77 bits per heavy atom. The summed E-state index contributed by atoms with van der Waals surface area (Å²) < 4.78 is 5.13. The van der Waals surface area contributed by atoms with Gasteiger partial charge in [0, 0.05) is 6.54 Å². The van der Waals surface area contributed by atoms with Crippen LogP contribution in [0.5, 0.6) is 0 Å². The summed E-state index contributed by atoms with van der Waals surface area (Å²) in [6.07, 6.45) is 3.50. The first-order valence-corrected chi connectivity index (χ1v) is 7.33. The van der Waals surface area contributed by atoms with E-state index >= 15 is 0 Å². The number of carbonyl (C=O) groups is 1. The molecule has 0 aliphatic rings. The molecule has 0 bridgehead atoms. The second-order valence-corrected chi connectivity index (χ2v) is 5.27. The molecule has 0 aliphatic carbocycles. The summed E-state index contributed by atoms with van der Waals surface area (Å²) in [7, 11) is 0. The Balaban J connectivity index is 1.73. The highest BCUT2D eigenvalue weighted by molar-refractivity contribution is 5.67. The van der Waals surface area contributed by atoms with Gasteiger partial charge in [-0.05, 0) is 25.0 Å². The lowest BCUT2D eigenvalue weighted by molar-refractivity contribution is 0.141. The predicted octanol–water partition coefficient (Wildman–Crippen LogP) is 4.24. The fourth-order valence-corrected chi connectivity index (χ4v) is 2.22. The number of aryl methyl sites for hydroxylation is 2. The van der Waals surface area contributed by atoms with E-state index in [0.29, 0.717) is 6.54 Å². The Labute approximate surface area is 131 Å². The average Bonchev–Trinajstić information content (AvgIpc) is 2.50. The van der Waals surface area contributed by atoms with E-state index in [1.165, 1.54) is 11.1 Å². The summed E-state index contributed by atoms with van der Waals surface area (Å²) in [5, 5.41) is 2.70. The zero-order valence-corrected chi connectivity index (χ0v) is 13.0. The molecule has 0 aliphatic heterocycles. The van der Waals surface area contributed by atoms with Gasteiger partial charge < -0.3 is 10.1 Å². The van der Waals surface area contributed by atoms with Gasteiger partial charge in [-0.1, -0.05) is 71.8 Å². The van der Waals surface area contributed by atoms with E-state index in [1.54, 1.807) is 0 Å². The topological polar surface area (TPSA) is 38.3 Å². The third kappa shape index (κ3) is 5.44. The van der Waals surface area contributed by atoms with E-state index in [-0.39, 0.29) is 6.61 Å². The Bertz CT molecular complexity index is 627. The molecule has 0 fully saturated rings. The van der Waals surface area contributed by atoms with Crippen LogP contribution in [0.1, 0.15) is 22.3 Å². The van der Waals surface area contributed by atoms with Crippen LogP contribution in [0.25, 0.3) is 6.08 Å². The number of hydrogen-bond acceptors (Lipinski definition) is 2. The van der Waals surface area contributed by atoms with Gasteiger partial charge in [-0.15, -0.1) is 0 Å². The van der Waals surface area contributed by atoms with Crippen LogP contribution < -0.4 is 5.32 Å². The lowest BCUT2D eigenvalue weighted by Gasteiger charge is -2.05. The first-order valence-electron chi connectivity index (χ1n) is 7.33.